The summed E-state index contributed by atoms with van der Waals surface area (Å²) in [5.41, 5.74) is 2.74. The summed E-state index contributed by atoms with van der Waals surface area (Å²) in [4.78, 5) is 16.6. The molecule has 8 heteroatoms. The first-order valence-corrected chi connectivity index (χ1v) is 7.96. The van der Waals surface area contributed by atoms with Crippen LogP contribution in [0.15, 0.2) is 53.4 Å². The van der Waals surface area contributed by atoms with Crippen molar-refractivity contribution in [2.24, 2.45) is 0 Å². The van der Waals surface area contributed by atoms with Crippen molar-refractivity contribution in [1.29, 1.82) is 5.26 Å². The maximum atomic E-state index is 12.7. The molecule has 0 spiro atoms. The minimum absolute atomic E-state index is 0.332. The van der Waals surface area contributed by atoms with Gasteiger partial charge in [0, 0.05) is 11.1 Å². The van der Waals surface area contributed by atoms with Gasteiger partial charge in [0.05, 0.1) is 36.0 Å². The molecule has 2 N–H and O–H groups in total. The SMILES string of the molecule is COc1cc(C#N)ccc1C(=O)Nc1ccc2[nH]nc(-c3cnco3)c2c1. The van der Waals surface area contributed by atoms with Gasteiger partial charge in [0.15, 0.2) is 12.2 Å². The third-order valence-electron chi connectivity index (χ3n) is 4.06. The summed E-state index contributed by atoms with van der Waals surface area (Å²) in [5.74, 6) is 0.511. The van der Waals surface area contributed by atoms with Gasteiger partial charge in [-0.2, -0.15) is 10.4 Å². The molecule has 2 heterocycles. The maximum absolute atomic E-state index is 12.7. The lowest BCUT2D eigenvalue weighted by Crippen LogP contribution is -2.13. The number of aromatic nitrogens is 3. The summed E-state index contributed by atoms with van der Waals surface area (Å²) in [6.07, 6.45) is 2.90. The van der Waals surface area contributed by atoms with Crippen LogP contribution in [0.1, 0.15) is 15.9 Å². The largest absolute Gasteiger partial charge is 0.496 e. The zero-order chi connectivity index (χ0) is 18.8. The van der Waals surface area contributed by atoms with Gasteiger partial charge < -0.3 is 14.5 Å². The molecular weight excluding hydrogens is 346 g/mol. The van der Waals surface area contributed by atoms with Crippen LogP contribution in [0.4, 0.5) is 5.69 Å². The first-order valence-electron chi connectivity index (χ1n) is 7.96. The smallest absolute Gasteiger partial charge is 0.259 e. The molecule has 8 nitrogen and oxygen atoms in total. The lowest BCUT2D eigenvalue weighted by molar-refractivity contribution is 0.102. The van der Waals surface area contributed by atoms with Gasteiger partial charge >= 0.3 is 0 Å². The average Bonchev–Trinajstić information content (AvgIpc) is 3.36. The number of nitriles is 1. The molecule has 0 radical (unpaired) electrons. The zero-order valence-corrected chi connectivity index (χ0v) is 14.2. The van der Waals surface area contributed by atoms with E-state index >= 15 is 0 Å². The van der Waals surface area contributed by atoms with E-state index in [4.69, 9.17) is 14.4 Å². The fraction of sp³-hybridized carbons (Fsp3) is 0.0526. The second-order valence-corrected chi connectivity index (χ2v) is 5.68. The second-order valence-electron chi connectivity index (χ2n) is 5.68. The fourth-order valence-corrected chi connectivity index (χ4v) is 2.76. The van der Waals surface area contributed by atoms with E-state index in [2.05, 4.69) is 20.5 Å². The third-order valence-corrected chi connectivity index (χ3v) is 4.06. The topological polar surface area (TPSA) is 117 Å². The monoisotopic (exact) mass is 359 g/mol. The van der Waals surface area contributed by atoms with Gasteiger partial charge in [-0.3, -0.25) is 9.89 Å². The van der Waals surface area contributed by atoms with Gasteiger partial charge in [0.25, 0.3) is 5.91 Å². The molecule has 1 amide bonds. The highest BCUT2D eigenvalue weighted by Crippen LogP contribution is 2.29. The van der Waals surface area contributed by atoms with E-state index in [1.165, 1.54) is 19.6 Å². The normalized spacial score (nSPS) is 10.5. The van der Waals surface area contributed by atoms with Crippen molar-refractivity contribution < 1.29 is 13.9 Å². The van der Waals surface area contributed by atoms with Crippen molar-refractivity contribution in [3.05, 3.63) is 60.1 Å². The van der Waals surface area contributed by atoms with E-state index in [9.17, 15) is 4.79 Å². The summed E-state index contributed by atoms with van der Waals surface area (Å²) in [5, 5.41) is 19.8. The van der Waals surface area contributed by atoms with E-state index in [1.807, 2.05) is 12.1 Å². The molecule has 0 unspecified atom stereocenters. The number of hydrogen-bond acceptors (Lipinski definition) is 6. The van der Waals surface area contributed by atoms with Crippen LogP contribution in [0, 0.1) is 11.3 Å². The lowest BCUT2D eigenvalue weighted by Gasteiger charge is -2.10. The van der Waals surface area contributed by atoms with Crippen LogP contribution in [0.3, 0.4) is 0 Å². The number of methoxy groups -OCH3 is 1. The Labute approximate surface area is 153 Å². The number of ether oxygens (including phenoxy) is 1. The van der Waals surface area contributed by atoms with E-state index in [-0.39, 0.29) is 5.91 Å². The van der Waals surface area contributed by atoms with Gasteiger partial charge in [-0.25, -0.2) is 4.98 Å². The summed E-state index contributed by atoms with van der Waals surface area (Å²) in [6.45, 7) is 0. The molecular formula is C19H13N5O3. The minimum atomic E-state index is -0.347. The van der Waals surface area contributed by atoms with Gasteiger partial charge in [-0.1, -0.05) is 0 Å². The third kappa shape index (κ3) is 2.98. The Bertz CT molecular complexity index is 1170. The highest BCUT2D eigenvalue weighted by atomic mass is 16.5. The molecule has 0 aliphatic carbocycles. The quantitative estimate of drug-likeness (QED) is 0.577. The predicted octanol–water partition coefficient (Wildman–Crippen LogP) is 3.35. The Morgan fingerprint density at radius 2 is 2.19 bits per heavy atom. The summed E-state index contributed by atoms with van der Waals surface area (Å²) in [7, 11) is 1.45. The number of amides is 1. The fourth-order valence-electron chi connectivity index (χ4n) is 2.76. The molecule has 0 aliphatic rings. The van der Waals surface area contributed by atoms with Crippen LogP contribution in [0.5, 0.6) is 5.75 Å². The standard InChI is InChI=1S/C19H13N5O3/c1-26-16-6-11(8-20)2-4-13(16)19(25)22-12-3-5-15-14(7-12)18(24-23-15)17-9-21-10-27-17/h2-7,9-10H,1H3,(H,22,25)(H,23,24). The predicted molar refractivity (Wildman–Crippen MR) is 97.3 cm³/mol. The van der Waals surface area contributed by atoms with Crippen LogP contribution in [-0.4, -0.2) is 28.2 Å². The second kappa shape index (κ2) is 6.65. The van der Waals surface area contributed by atoms with E-state index in [0.717, 1.165) is 10.9 Å². The summed E-state index contributed by atoms with van der Waals surface area (Å²) in [6, 6.07) is 12.0. The van der Waals surface area contributed by atoms with Gasteiger partial charge in [-0.15, -0.1) is 0 Å². The van der Waals surface area contributed by atoms with Gasteiger partial charge in [-0.05, 0) is 36.4 Å². The number of H-pyrrole nitrogens is 1. The van der Waals surface area contributed by atoms with Crippen molar-refractivity contribution in [2.45, 2.75) is 0 Å². The molecule has 4 aromatic rings. The van der Waals surface area contributed by atoms with E-state index in [0.29, 0.717) is 34.0 Å². The molecule has 0 atom stereocenters. The molecule has 132 valence electrons. The summed E-state index contributed by atoms with van der Waals surface area (Å²) < 4.78 is 10.5. The molecule has 27 heavy (non-hydrogen) atoms. The van der Waals surface area contributed by atoms with Crippen LogP contribution >= 0.6 is 0 Å². The van der Waals surface area contributed by atoms with Gasteiger partial charge in [0.2, 0.25) is 0 Å². The number of anilines is 1. The molecule has 4 rings (SSSR count). The lowest BCUT2D eigenvalue weighted by atomic mass is 10.1. The first kappa shape index (κ1) is 16.4. The van der Waals surface area contributed by atoms with Crippen molar-refractivity contribution in [2.75, 3.05) is 12.4 Å². The molecule has 2 aromatic carbocycles. The molecule has 0 saturated heterocycles. The van der Waals surface area contributed by atoms with E-state index < -0.39 is 0 Å². The number of hydrogen-bond donors (Lipinski definition) is 2. The molecule has 2 aromatic heterocycles. The van der Waals surface area contributed by atoms with Crippen molar-refractivity contribution in [3.8, 4) is 23.3 Å². The Hall–Kier alpha value is -4.12. The van der Waals surface area contributed by atoms with Crippen molar-refractivity contribution >= 4 is 22.5 Å². The van der Waals surface area contributed by atoms with Crippen LogP contribution in [-0.2, 0) is 0 Å². The Morgan fingerprint density at radius 3 is 2.93 bits per heavy atom. The number of nitrogens with zero attached hydrogens (tertiary/aromatic N) is 3. The van der Waals surface area contributed by atoms with Crippen molar-refractivity contribution in [3.63, 3.8) is 0 Å². The number of oxazole rings is 1. The van der Waals surface area contributed by atoms with Gasteiger partial charge in [0.1, 0.15) is 11.4 Å². The Morgan fingerprint density at radius 1 is 1.30 bits per heavy atom. The number of aromatic amines is 1. The molecule has 0 bridgehead atoms. The number of carbonyl (C=O) groups is 1. The molecule has 0 fully saturated rings. The maximum Gasteiger partial charge on any atom is 0.259 e. The average molecular weight is 359 g/mol. The van der Waals surface area contributed by atoms with Crippen LogP contribution < -0.4 is 10.1 Å². The van der Waals surface area contributed by atoms with E-state index in [1.54, 1.807) is 30.5 Å². The first-order chi connectivity index (χ1) is 13.2. The summed E-state index contributed by atoms with van der Waals surface area (Å²) >= 11 is 0. The Kier molecular flexibility index (Phi) is 4.03. The van der Waals surface area contributed by atoms with Crippen LogP contribution in [0.25, 0.3) is 22.4 Å². The number of rotatable bonds is 4. The van der Waals surface area contributed by atoms with Crippen LogP contribution in [0.2, 0.25) is 0 Å². The minimum Gasteiger partial charge on any atom is -0.496 e. The number of benzene rings is 2. The number of nitrogens with one attached hydrogen (secondary N) is 2. The molecule has 0 aliphatic heterocycles. The highest BCUT2D eigenvalue weighted by molar-refractivity contribution is 6.07. The zero-order valence-electron chi connectivity index (χ0n) is 14.2. The van der Waals surface area contributed by atoms with Crippen molar-refractivity contribution in [1.82, 2.24) is 15.2 Å². The highest BCUT2D eigenvalue weighted by Gasteiger charge is 2.15. The molecule has 0 saturated carbocycles. The number of fused-ring (bicyclic) bond motifs is 1. The Balaban J connectivity index is 1.67. The number of carbonyl (C=O) groups excluding carboxylic acids is 1.